The van der Waals surface area contributed by atoms with Crippen LogP contribution >= 0.6 is 0 Å². The van der Waals surface area contributed by atoms with Gasteiger partial charge in [0.05, 0.1) is 19.7 Å². The minimum atomic E-state index is -0.602. The minimum Gasteiger partial charge on any atom is -0.383 e. The van der Waals surface area contributed by atoms with E-state index in [0.717, 1.165) is 5.56 Å². The van der Waals surface area contributed by atoms with E-state index in [-0.39, 0.29) is 24.9 Å². The Labute approximate surface area is 151 Å². The van der Waals surface area contributed by atoms with Crippen LogP contribution in [0.1, 0.15) is 17.3 Å². The summed E-state index contributed by atoms with van der Waals surface area (Å²) in [5.74, 6) is 0.596. The van der Waals surface area contributed by atoms with Crippen LogP contribution in [0.15, 0.2) is 34.9 Å². The molecule has 2 heterocycles. The van der Waals surface area contributed by atoms with Gasteiger partial charge in [-0.25, -0.2) is 0 Å². The highest BCUT2D eigenvalue weighted by molar-refractivity contribution is 5.95. The van der Waals surface area contributed by atoms with Crippen molar-refractivity contribution >= 4 is 11.8 Å². The highest BCUT2D eigenvalue weighted by atomic mass is 16.5. The number of methoxy groups -OCH3 is 1. The summed E-state index contributed by atoms with van der Waals surface area (Å²) in [5.41, 5.74) is 0.988. The summed E-state index contributed by atoms with van der Waals surface area (Å²) in [6, 6.07) is 9.04. The Kier molecular flexibility index (Phi) is 5.62. The van der Waals surface area contributed by atoms with Crippen LogP contribution < -0.4 is 0 Å². The first kappa shape index (κ1) is 18.1. The van der Waals surface area contributed by atoms with E-state index >= 15 is 0 Å². The van der Waals surface area contributed by atoms with E-state index in [1.807, 2.05) is 30.3 Å². The standard InChI is InChI=1S/C18H22N4O4/c1-13-19-16(20-26-13)11-22-15(10-14-6-4-3-5-7-14)18(24)21(8-9-25-2)12-17(22)23/h3-7,15H,8-12H2,1-2H3/t15-/m1/s1. The van der Waals surface area contributed by atoms with E-state index in [1.165, 1.54) is 0 Å². The molecule has 3 rings (SSSR count). The van der Waals surface area contributed by atoms with E-state index < -0.39 is 6.04 Å². The molecule has 0 spiro atoms. The molecule has 1 aliphatic rings. The van der Waals surface area contributed by atoms with Crippen LogP contribution in [0.25, 0.3) is 0 Å². The largest absolute Gasteiger partial charge is 0.383 e. The molecule has 0 bridgehead atoms. The predicted octanol–water partition coefficient (Wildman–Crippen LogP) is 0.807. The Morgan fingerprint density at radius 2 is 2.04 bits per heavy atom. The first-order valence-electron chi connectivity index (χ1n) is 8.49. The summed E-state index contributed by atoms with van der Waals surface area (Å²) in [4.78, 5) is 33.0. The molecule has 2 amide bonds. The lowest BCUT2D eigenvalue weighted by Gasteiger charge is -2.39. The molecule has 1 aromatic heterocycles. The number of ether oxygens (including phenoxy) is 1. The first-order chi connectivity index (χ1) is 12.6. The molecule has 0 N–H and O–H groups in total. The van der Waals surface area contributed by atoms with Crippen molar-refractivity contribution in [1.82, 2.24) is 19.9 Å². The second kappa shape index (κ2) is 8.09. The summed E-state index contributed by atoms with van der Waals surface area (Å²) < 4.78 is 10.0. The Morgan fingerprint density at radius 3 is 2.69 bits per heavy atom. The maximum atomic E-state index is 13.0. The molecule has 1 aliphatic heterocycles. The minimum absolute atomic E-state index is 0.0321. The summed E-state index contributed by atoms with van der Waals surface area (Å²) in [5, 5.41) is 3.85. The Balaban J connectivity index is 1.84. The fraction of sp³-hybridized carbons (Fsp3) is 0.444. The van der Waals surface area contributed by atoms with Crippen molar-refractivity contribution in [1.29, 1.82) is 0 Å². The maximum absolute atomic E-state index is 13.0. The molecule has 8 heteroatoms. The van der Waals surface area contributed by atoms with Gasteiger partial charge < -0.3 is 19.1 Å². The van der Waals surface area contributed by atoms with Gasteiger partial charge in [-0.2, -0.15) is 4.98 Å². The Hall–Kier alpha value is -2.74. The number of rotatable bonds is 7. The van der Waals surface area contributed by atoms with Crippen molar-refractivity contribution in [2.45, 2.75) is 25.9 Å². The maximum Gasteiger partial charge on any atom is 0.246 e. The van der Waals surface area contributed by atoms with Gasteiger partial charge in [0.25, 0.3) is 0 Å². The van der Waals surface area contributed by atoms with Crippen LogP contribution in [0.3, 0.4) is 0 Å². The Morgan fingerprint density at radius 1 is 1.27 bits per heavy atom. The molecule has 1 fully saturated rings. The third kappa shape index (κ3) is 4.08. The number of benzene rings is 1. The fourth-order valence-electron chi connectivity index (χ4n) is 3.03. The van der Waals surface area contributed by atoms with Crippen molar-refractivity contribution < 1.29 is 18.8 Å². The summed E-state index contributed by atoms with van der Waals surface area (Å²) in [7, 11) is 1.57. The lowest BCUT2D eigenvalue weighted by molar-refractivity contribution is -0.157. The topological polar surface area (TPSA) is 88.8 Å². The van der Waals surface area contributed by atoms with Gasteiger partial charge in [-0.05, 0) is 5.56 Å². The van der Waals surface area contributed by atoms with Gasteiger partial charge in [0, 0.05) is 27.0 Å². The Bertz CT molecular complexity index is 762. The molecule has 138 valence electrons. The van der Waals surface area contributed by atoms with Crippen molar-refractivity contribution in [3.8, 4) is 0 Å². The summed E-state index contributed by atoms with van der Waals surface area (Å²) >= 11 is 0. The quantitative estimate of drug-likeness (QED) is 0.728. The van der Waals surface area contributed by atoms with Gasteiger partial charge in [0.15, 0.2) is 5.82 Å². The third-order valence-electron chi connectivity index (χ3n) is 4.34. The second-order valence-corrected chi connectivity index (χ2v) is 6.21. The first-order valence-corrected chi connectivity index (χ1v) is 8.49. The smallest absolute Gasteiger partial charge is 0.246 e. The van der Waals surface area contributed by atoms with E-state index in [0.29, 0.717) is 31.3 Å². The summed E-state index contributed by atoms with van der Waals surface area (Å²) in [6.45, 7) is 2.65. The summed E-state index contributed by atoms with van der Waals surface area (Å²) in [6.07, 6.45) is 0.436. The highest BCUT2D eigenvalue weighted by Crippen LogP contribution is 2.19. The zero-order chi connectivity index (χ0) is 18.5. The number of hydrogen-bond acceptors (Lipinski definition) is 6. The molecule has 0 saturated carbocycles. The lowest BCUT2D eigenvalue weighted by atomic mass is 10.0. The molecule has 0 unspecified atom stereocenters. The number of hydrogen-bond donors (Lipinski definition) is 0. The zero-order valence-corrected chi connectivity index (χ0v) is 14.9. The van der Waals surface area contributed by atoms with E-state index in [1.54, 1.807) is 23.8 Å². The monoisotopic (exact) mass is 358 g/mol. The molecule has 26 heavy (non-hydrogen) atoms. The molecule has 1 aromatic carbocycles. The fourth-order valence-corrected chi connectivity index (χ4v) is 3.03. The molecule has 1 atom stereocenters. The average molecular weight is 358 g/mol. The number of piperazine rings is 1. The molecule has 8 nitrogen and oxygen atoms in total. The van der Waals surface area contributed by atoms with Crippen LogP contribution in [0, 0.1) is 6.92 Å². The van der Waals surface area contributed by atoms with Crippen molar-refractivity contribution in [3.05, 3.63) is 47.6 Å². The molecule has 2 aromatic rings. The van der Waals surface area contributed by atoms with Crippen LogP contribution in [-0.2, 0) is 27.3 Å². The van der Waals surface area contributed by atoms with Crippen LogP contribution in [0.4, 0.5) is 0 Å². The number of amides is 2. The van der Waals surface area contributed by atoms with Gasteiger partial charge in [0.1, 0.15) is 6.04 Å². The highest BCUT2D eigenvalue weighted by Gasteiger charge is 2.39. The van der Waals surface area contributed by atoms with Crippen molar-refractivity contribution in [3.63, 3.8) is 0 Å². The number of carbonyl (C=O) groups is 2. The molecule has 0 aliphatic carbocycles. The lowest BCUT2D eigenvalue weighted by Crippen LogP contribution is -2.60. The van der Waals surface area contributed by atoms with Crippen molar-refractivity contribution in [2.24, 2.45) is 0 Å². The number of nitrogens with zero attached hydrogens (tertiary/aromatic N) is 4. The molecule has 1 saturated heterocycles. The zero-order valence-electron chi connectivity index (χ0n) is 14.9. The molecular formula is C18H22N4O4. The van der Waals surface area contributed by atoms with E-state index in [9.17, 15) is 9.59 Å². The van der Waals surface area contributed by atoms with Crippen LogP contribution in [-0.4, -0.2) is 64.6 Å². The van der Waals surface area contributed by atoms with Crippen molar-refractivity contribution in [2.75, 3.05) is 26.8 Å². The number of aromatic nitrogens is 2. The number of carbonyl (C=O) groups excluding carboxylic acids is 2. The van der Waals surface area contributed by atoms with E-state index in [4.69, 9.17) is 9.26 Å². The van der Waals surface area contributed by atoms with Gasteiger partial charge in [-0.3, -0.25) is 9.59 Å². The van der Waals surface area contributed by atoms with Crippen LogP contribution in [0.5, 0.6) is 0 Å². The third-order valence-corrected chi connectivity index (χ3v) is 4.34. The number of aryl methyl sites for hydroxylation is 1. The second-order valence-electron chi connectivity index (χ2n) is 6.21. The van der Waals surface area contributed by atoms with Gasteiger partial charge in [-0.15, -0.1) is 0 Å². The average Bonchev–Trinajstić information content (AvgIpc) is 3.05. The van der Waals surface area contributed by atoms with Gasteiger partial charge in [-0.1, -0.05) is 35.5 Å². The normalized spacial score (nSPS) is 17.8. The van der Waals surface area contributed by atoms with E-state index in [2.05, 4.69) is 10.1 Å². The molecule has 0 radical (unpaired) electrons. The molecular weight excluding hydrogens is 336 g/mol. The van der Waals surface area contributed by atoms with Crippen LogP contribution in [0.2, 0.25) is 0 Å². The predicted molar refractivity (Wildman–Crippen MR) is 92.0 cm³/mol. The van der Waals surface area contributed by atoms with Gasteiger partial charge >= 0.3 is 0 Å². The van der Waals surface area contributed by atoms with Gasteiger partial charge in [0.2, 0.25) is 17.7 Å². The SMILES string of the molecule is COCCN1CC(=O)N(Cc2noc(C)n2)[C@H](Cc2ccccc2)C1=O.